The monoisotopic (exact) mass is 207 g/mol. The van der Waals surface area contributed by atoms with Crippen molar-refractivity contribution < 1.29 is 4.39 Å². The molecule has 15 heavy (non-hydrogen) atoms. The van der Waals surface area contributed by atoms with Crippen molar-refractivity contribution >= 4 is 10.9 Å². The van der Waals surface area contributed by atoms with E-state index in [2.05, 4.69) is 4.98 Å². The zero-order valence-corrected chi connectivity index (χ0v) is 8.14. The van der Waals surface area contributed by atoms with Crippen LogP contribution in [0.25, 0.3) is 10.9 Å². The van der Waals surface area contributed by atoms with Crippen LogP contribution in [0.5, 0.6) is 0 Å². The van der Waals surface area contributed by atoms with E-state index >= 15 is 0 Å². The van der Waals surface area contributed by atoms with Crippen LogP contribution < -0.4 is 11.3 Å². The summed E-state index contributed by atoms with van der Waals surface area (Å²) in [6, 6.07) is 4.34. The smallest absolute Gasteiger partial charge is 0.265 e. The van der Waals surface area contributed by atoms with E-state index in [4.69, 9.17) is 5.73 Å². The molecule has 0 aliphatic heterocycles. The van der Waals surface area contributed by atoms with Crippen LogP contribution in [0.1, 0.15) is 13.1 Å². The second-order valence-electron chi connectivity index (χ2n) is 3.33. The largest absolute Gasteiger partial charge is 0.311 e. The van der Waals surface area contributed by atoms with Crippen LogP contribution in [0.15, 0.2) is 29.3 Å². The Kier molecular flexibility index (Phi) is 2.24. The van der Waals surface area contributed by atoms with E-state index in [0.717, 1.165) is 0 Å². The molecule has 0 fully saturated rings. The van der Waals surface area contributed by atoms with Gasteiger partial charge in [0.05, 0.1) is 18.0 Å². The van der Waals surface area contributed by atoms with Gasteiger partial charge >= 0.3 is 0 Å². The summed E-state index contributed by atoms with van der Waals surface area (Å²) in [6.45, 7) is 1.63. The fourth-order valence-corrected chi connectivity index (χ4v) is 1.43. The van der Waals surface area contributed by atoms with Gasteiger partial charge < -0.3 is 5.73 Å². The maximum atomic E-state index is 13.4. The van der Waals surface area contributed by atoms with E-state index in [1.54, 1.807) is 13.0 Å². The molecule has 1 atom stereocenters. The molecule has 1 aromatic heterocycles. The Bertz CT molecular complexity index is 562. The van der Waals surface area contributed by atoms with E-state index < -0.39 is 17.5 Å². The number of hydrogen-bond donors (Lipinski definition) is 1. The quantitative estimate of drug-likeness (QED) is 0.759. The fourth-order valence-electron chi connectivity index (χ4n) is 1.43. The minimum atomic E-state index is -0.569. The zero-order valence-electron chi connectivity index (χ0n) is 8.14. The predicted octanol–water partition coefficient (Wildman–Crippen LogP) is 1.01. The molecule has 4 nitrogen and oxygen atoms in total. The summed E-state index contributed by atoms with van der Waals surface area (Å²) >= 11 is 0. The van der Waals surface area contributed by atoms with Gasteiger partial charge in [0.25, 0.3) is 5.56 Å². The molecule has 78 valence electrons. The van der Waals surface area contributed by atoms with E-state index in [1.807, 2.05) is 0 Å². The SMILES string of the molecule is CC(N)n1cnc2cccc(F)c2c1=O. The van der Waals surface area contributed by atoms with Crippen molar-refractivity contribution in [2.75, 3.05) is 0 Å². The second-order valence-corrected chi connectivity index (χ2v) is 3.33. The molecule has 0 radical (unpaired) electrons. The van der Waals surface area contributed by atoms with Crippen LogP contribution in [0.3, 0.4) is 0 Å². The van der Waals surface area contributed by atoms with Gasteiger partial charge in [0.1, 0.15) is 11.2 Å². The molecule has 2 N–H and O–H groups in total. The molecule has 0 saturated carbocycles. The predicted molar refractivity (Wildman–Crippen MR) is 54.9 cm³/mol. The van der Waals surface area contributed by atoms with Gasteiger partial charge in [-0.05, 0) is 19.1 Å². The van der Waals surface area contributed by atoms with Crippen molar-refractivity contribution in [3.63, 3.8) is 0 Å². The summed E-state index contributed by atoms with van der Waals surface area (Å²) in [5, 5.41) is -0.0164. The summed E-state index contributed by atoms with van der Waals surface area (Å²) in [5.41, 5.74) is 5.45. The average Bonchev–Trinajstić information content (AvgIpc) is 2.17. The lowest BCUT2D eigenvalue weighted by Gasteiger charge is -2.09. The number of halogens is 1. The van der Waals surface area contributed by atoms with Crippen LogP contribution in [-0.4, -0.2) is 9.55 Å². The maximum Gasteiger partial charge on any atom is 0.265 e. The van der Waals surface area contributed by atoms with Crippen LogP contribution in [0.2, 0.25) is 0 Å². The Morgan fingerprint density at radius 1 is 1.53 bits per heavy atom. The normalized spacial score (nSPS) is 13.0. The number of nitrogens with two attached hydrogens (primary N) is 1. The highest BCUT2D eigenvalue weighted by Crippen LogP contribution is 2.10. The van der Waals surface area contributed by atoms with Crippen LogP contribution in [-0.2, 0) is 0 Å². The number of rotatable bonds is 1. The van der Waals surface area contributed by atoms with Gasteiger partial charge in [-0.1, -0.05) is 6.07 Å². The van der Waals surface area contributed by atoms with Crippen LogP contribution in [0.4, 0.5) is 4.39 Å². The van der Waals surface area contributed by atoms with Crippen molar-refractivity contribution in [3.05, 3.63) is 40.7 Å². The lowest BCUT2D eigenvalue weighted by Crippen LogP contribution is -2.28. The molecule has 2 aromatic rings. The zero-order chi connectivity index (χ0) is 11.0. The number of benzene rings is 1. The van der Waals surface area contributed by atoms with Gasteiger partial charge in [0, 0.05) is 0 Å². The summed E-state index contributed by atoms with van der Waals surface area (Å²) < 4.78 is 14.6. The number of fused-ring (bicyclic) bond motifs is 1. The van der Waals surface area contributed by atoms with Gasteiger partial charge in [0.15, 0.2) is 0 Å². The Labute approximate surface area is 85.2 Å². The molecule has 2 rings (SSSR count). The highest BCUT2D eigenvalue weighted by Gasteiger charge is 2.09. The summed E-state index contributed by atoms with van der Waals surface area (Å²) in [7, 11) is 0. The minimum Gasteiger partial charge on any atom is -0.311 e. The highest BCUT2D eigenvalue weighted by atomic mass is 19.1. The minimum absolute atomic E-state index is 0.0164. The Morgan fingerprint density at radius 3 is 2.93 bits per heavy atom. The first-order chi connectivity index (χ1) is 7.11. The average molecular weight is 207 g/mol. The molecule has 0 aliphatic rings. The summed E-state index contributed by atoms with van der Waals surface area (Å²) in [5.74, 6) is -0.569. The fraction of sp³-hybridized carbons (Fsp3) is 0.200. The summed E-state index contributed by atoms with van der Waals surface area (Å²) in [6.07, 6.45) is 0.809. The Hall–Kier alpha value is -1.75. The van der Waals surface area contributed by atoms with Crippen molar-refractivity contribution in [1.29, 1.82) is 0 Å². The topological polar surface area (TPSA) is 60.9 Å². The van der Waals surface area contributed by atoms with E-state index in [-0.39, 0.29) is 5.39 Å². The third-order valence-corrected chi connectivity index (χ3v) is 2.20. The van der Waals surface area contributed by atoms with E-state index in [9.17, 15) is 9.18 Å². The van der Waals surface area contributed by atoms with Gasteiger partial charge in [-0.2, -0.15) is 0 Å². The summed E-state index contributed by atoms with van der Waals surface area (Å²) in [4.78, 5) is 15.8. The third kappa shape index (κ3) is 1.50. The number of aromatic nitrogens is 2. The first-order valence-electron chi connectivity index (χ1n) is 4.52. The molecule has 0 saturated heterocycles. The molecule has 0 spiro atoms. The lowest BCUT2D eigenvalue weighted by atomic mass is 10.2. The van der Waals surface area contributed by atoms with Gasteiger partial charge in [-0.3, -0.25) is 9.36 Å². The van der Waals surface area contributed by atoms with Crippen molar-refractivity contribution in [2.24, 2.45) is 5.73 Å². The first-order valence-corrected chi connectivity index (χ1v) is 4.52. The molecule has 0 amide bonds. The van der Waals surface area contributed by atoms with Crippen LogP contribution in [0, 0.1) is 5.82 Å². The molecule has 1 unspecified atom stereocenters. The Morgan fingerprint density at radius 2 is 2.27 bits per heavy atom. The molecular formula is C10H10FN3O. The molecule has 1 aromatic carbocycles. The van der Waals surface area contributed by atoms with E-state index in [1.165, 1.54) is 23.0 Å². The standard InChI is InChI=1S/C10H10FN3O/c1-6(12)14-5-13-8-4-2-3-7(11)9(8)10(14)15/h2-6H,12H2,1H3. The van der Waals surface area contributed by atoms with Gasteiger partial charge in [-0.15, -0.1) is 0 Å². The molecular weight excluding hydrogens is 197 g/mol. The first kappa shape index (κ1) is 9.79. The van der Waals surface area contributed by atoms with Crippen molar-refractivity contribution in [2.45, 2.75) is 13.1 Å². The highest BCUT2D eigenvalue weighted by molar-refractivity contribution is 5.77. The molecule has 0 bridgehead atoms. The molecule has 0 aliphatic carbocycles. The number of hydrogen-bond acceptors (Lipinski definition) is 3. The van der Waals surface area contributed by atoms with E-state index in [0.29, 0.717) is 5.52 Å². The van der Waals surface area contributed by atoms with Crippen molar-refractivity contribution in [3.8, 4) is 0 Å². The maximum absolute atomic E-state index is 13.4. The Balaban J connectivity index is 2.90. The molecule has 1 heterocycles. The second kappa shape index (κ2) is 3.43. The van der Waals surface area contributed by atoms with Crippen molar-refractivity contribution in [1.82, 2.24) is 9.55 Å². The van der Waals surface area contributed by atoms with Gasteiger partial charge in [0.2, 0.25) is 0 Å². The number of nitrogens with zero attached hydrogens (tertiary/aromatic N) is 2. The van der Waals surface area contributed by atoms with Crippen LogP contribution >= 0.6 is 0 Å². The third-order valence-electron chi connectivity index (χ3n) is 2.20. The van der Waals surface area contributed by atoms with Gasteiger partial charge in [-0.25, -0.2) is 9.37 Å². The lowest BCUT2D eigenvalue weighted by molar-refractivity contribution is 0.544. The molecule has 5 heteroatoms.